The molecule has 2 aliphatic rings. The number of hydrogen-bond donors (Lipinski definition) is 1. The smallest absolute Gasteiger partial charge is 0.319 e. The summed E-state index contributed by atoms with van der Waals surface area (Å²) in [5.74, 6) is -0.913. The van der Waals surface area contributed by atoms with Crippen LogP contribution in [-0.4, -0.2) is 79.3 Å². The SMILES string of the molecule is COc1nccc(N2C[C@@H]3CN(C(=O)N(C)C)C[C@]3(C(=O)O)C2)c1C#N. The van der Waals surface area contributed by atoms with Crippen LogP contribution in [-0.2, 0) is 4.79 Å². The van der Waals surface area contributed by atoms with Crippen LogP contribution in [0, 0.1) is 22.7 Å². The molecule has 2 saturated heterocycles. The first-order chi connectivity index (χ1) is 12.3. The topological polar surface area (TPSA) is 110 Å². The minimum absolute atomic E-state index is 0.157. The van der Waals surface area contributed by atoms with E-state index in [0.717, 1.165) is 0 Å². The van der Waals surface area contributed by atoms with Crippen molar-refractivity contribution in [1.29, 1.82) is 5.26 Å². The number of amides is 2. The number of aliphatic carboxylic acids is 1. The number of nitrogens with zero attached hydrogens (tertiary/aromatic N) is 5. The zero-order valence-corrected chi connectivity index (χ0v) is 15.0. The summed E-state index contributed by atoms with van der Waals surface area (Å²) in [6.07, 6.45) is 1.54. The van der Waals surface area contributed by atoms with Crippen molar-refractivity contribution in [3.05, 3.63) is 17.8 Å². The number of anilines is 1. The number of carboxylic acids is 1. The fourth-order valence-corrected chi connectivity index (χ4v) is 3.94. The zero-order chi connectivity index (χ0) is 19.1. The maximum Gasteiger partial charge on any atom is 0.319 e. The molecule has 9 nitrogen and oxygen atoms in total. The number of likely N-dealkylation sites (tertiary alicyclic amines) is 1. The molecule has 0 radical (unpaired) electrons. The summed E-state index contributed by atoms with van der Waals surface area (Å²) in [5.41, 5.74) is -0.147. The first-order valence-corrected chi connectivity index (χ1v) is 8.21. The molecule has 2 amide bonds. The molecule has 0 saturated carbocycles. The average Bonchev–Trinajstić information content (AvgIpc) is 3.15. The van der Waals surface area contributed by atoms with E-state index in [1.165, 1.54) is 12.0 Å². The monoisotopic (exact) mass is 359 g/mol. The molecule has 2 aliphatic heterocycles. The summed E-state index contributed by atoms with van der Waals surface area (Å²) in [7, 11) is 4.74. The number of urea groups is 1. The minimum Gasteiger partial charge on any atom is -0.481 e. The maximum atomic E-state index is 12.3. The number of carbonyl (C=O) groups excluding carboxylic acids is 1. The predicted octanol–water partition coefficient (Wildman–Crippen LogP) is 0.466. The van der Waals surface area contributed by atoms with Gasteiger partial charge in [0.2, 0.25) is 5.88 Å². The molecule has 3 rings (SSSR count). The average molecular weight is 359 g/mol. The number of ether oxygens (including phenoxy) is 1. The van der Waals surface area contributed by atoms with Crippen LogP contribution in [0.15, 0.2) is 12.3 Å². The Kier molecular flexibility index (Phi) is 4.36. The summed E-state index contributed by atoms with van der Waals surface area (Å²) in [6.45, 7) is 1.21. The Morgan fingerprint density at radius 3 is 2.69 bits per heavy atom. The highest BCUT2D eigenvalue weighted by Crippen LogP contribution is 2.45. The second-order valence-electron chi connectivity index (χ2n) is 6.92. The third-order valence-corrected chi connectivity index (χ3v) is 5.23. The van der Waals surface area contributed by atoms with Crippen molar-refractivity contribution in [2.75, 3.05) is 52.3 Å². The first kappa shape index (κ1) is 17.8. The van der Waals surface area contributed by atoms with E-state index in [1.54, 1.807) is 31.3 Å². The molecule has 9 heteroatoms. The molecule has 1 aromatic rings. The van der Waals surface area contributed by atoms with Crippen LogP contribution < -0.4 is 9.64 Å². The molecule has 26 heavy (non-hydrogen) atoms. The Bertz CT molecular complexity index is 790. The van der Waals surface area contributed by atoms with Crippen LogP contribution in [0.25, 0.3) is 0 Å². The van der Waals surface area contributed by atoms with Gasteiger partial charge in [-0.15, -0.1) is 0 Å². The van der Waals surface area contributed by atoms with Crippen molar-refractivity contribution in [2.45, 2.75) is 0 Å². The molecule has 2 atom stereocenters. The molecule has 0 aliphatic carbocycles. The number of carboxylic acid groups (broad SMARTS) is 1. The van der Waals surface area contributed by atoms with Crippen molar-refractivity contribution in [1.82, 2.24) is 14.8 Å². The Hall–Kier alpha value is -3.02. The van der Waals surface area contributed by atoms with Crippen molar-refractivity contribution >= 4 is 17.7 Å². The van der Waals surface area contributed by atoms with E-state index in [1.807, 2.05) is 4.90 Å². The van der Waals surface area contributed by atoms with Gasteiger partial charge in [-0.25, -0.2) is 9.78 Å². The number of rotatable bonds is 3. The lowest BCUT2D eigenvalue weighted by atomic mass is 9.81. The number of fused-ring (bicyclic) bond motifs is 1. The summed E-state index contributed by atoms with van der Waals surface area (Å²) in [5, 5.41) is 19.4. The van der Waals surface area contributed by atoms with E-state index in [-0.39, 0.29) is 36.5 Å². The van der Waals surface area contributed by atoms with Gasteiger partial charge in [0.1, 0.15) is 17.0 Å². The third kappa shape index (κ3) is 2.58. The molecule has 0 spiro atoms. The van der Waals surface area contributed by atoms with E-state index in [4.69, 9.17) is 4.74 Å². The molecule has 1 aromatic heterocycles. The molecule has 3 heterocycles. The number of hydrogen-bond acceptors (Lipinski definition) is 6. The van der Waals surface area contributed by atoms with Gasteiger partial charge < -0.3 is 24.5 Å². The van der Waals surface area contributed by atoms with Gasteiger partial charge in [-0.3, -0.25) is 4.79 Å². The Balaban J connectivity index is 1.92. The van der Waals surface area contributed by atoms with Crippen LogP contribution in [0.2, 0.25) is 0 Å². The molecule has 1 N–H and O–H groups in total. The molecule has 0 bridgehead atoms. The minimum atomic E-state index is -1.05. The fourth-order valence-electron chi connectivity index (χ4n) is 3.94. The molecular weight excluding hydrogens is 338 g/mol. The van der Waals surface area contributed by atoms with E-state index in [9.17, 15) is 20.0 Å². The van der Waals surface area contributed by atoms with Gasteiger partial charge >= 0.3 is 12.0 Å². The van der Waals surface area contributed by atoms with Crippen LogP contribution in [0.1, 0.15) is 5.56 Å². The highest BCUT2D eigenvalue weighted by Gasteiger charge is 2.59. The summed E-state index contributed by atoms with van der Waals surface area (Å²) in [6, 6.07) is 3.60. The summed E-state index contributed by atoms with van der Waals surface area (Å²) < 4.78 is 5.14. The molecular formula is C17H21N5O4. The molecule has 138 valence electrons. The van der Waals surface area contributed by atoms with Gasteiger partial charge in [0, 0.05) is 52.4 Å². The van der Waals surface area contributed by atoms with Crippen LogP contribution in [0.3, 0.4) is 0 Å². The second-order valence-corrected chi connectivity index (χ2v) is 6.92. The Morgan fingerprint density at radius 2 is 2.15 bits per heavy atom. The quantitative estimate of drug-likeness (QED) is 0.835. The van der Waals surface area contributed by atoms with Gasteiger partial charge in [0.05, 0.1) is 12.8 Å². The van der Waals surface area contributed by atoms with Gasteiger partial charge in [-0.05, 0) is 6.07 Å². The van der Waals surface area contributed by atoms with Crippen LogP contribution in [0.4, 0.5) is 10.5 Å². The van der Waals surface area contributed by atoms with Gasteiger partial charge in [-0.1, -0.05) is 0 Å². The normalized spacial score (nSPS) is 24.2. The summed E-state index contributed by atoms with van der Waals surface area (Å²) in [4.78, 5) is 33.3. The van der Waals surface area contributed by atoms with Crippen LogP contribution >= 0.6 is 0 Å². The number of aromatic nitrogens is 1. The zero-order valence-electron chi connectivity index (χ0n) is 15.0. The molecule has 2 fully saturated rings. The standard InChI is InChI=1S/C17H21N5O4/c1-20(2)16(25)22-8-11-7-21(9-17(11,10-22)15(23)24)13-4-5-19-14(26-3)12(13)6-18/h4-5,11H,7-10H2,1-3H3,(H,23,24)/t11-,17-/m1/s1. The van der Waals surface area contributed by atoms with E-state index in [0.29, 0.717) is 18.8 Å². The maximum absolute atomic E-state index is 12.3. The van der Waals surface area contributed by atoms with Gasteiger partial charge in [0.25, 0.3) is 0 Å². The largest absolute Gasteiger partial charge is 0.481 e. The van der Waals surface area contributed by atoms with Gasteiger partial charge in [-0.2, -0.15) is 5.26 Å². The second kappa shape index (κ2) is 6.37. The van der Waals surface area contributed by atoms with E-state index in [2.05, 4.69) is 11.1 Å². The summed E-state index contributed by atoms with van der Waals surface area (Å²) >= 11 is 0. The van der Waals surface area contributed by atoms with Crippen molar-refractivity contribution in [3.8, 4) is 11.9 Å². The highest BCUT2D eigenvalue weighted by atomic mass is 16.5. The Labute approximate surface area is 151 Å². The fraction of sp³-hybridized carbons (Fsp3) is 0.529. The lowest BCUT2D eigenvalue weighted by Gasteiger charge is -2.28. The highest BCUT2D eigenvalue weighted by molar-refractivity contribution is 5.82. The van der Waals surface area contributed by atoms with Crippen molar-refractivity contribution in [2.24, 2.45) is 11.3 Å². The number of pyridine rings is 1. The van der Waals surface area contributed by atoms with E-state index >= 15 is 0 Å². The molecule has 0 aromatic carbocycles. The number of methoxy groups -OCH3 is 1. The lowest BCUT2D eigenvalue weighted by Crippen LogP contribution is -2.44. The number of carbonyl (C=O) groups is 2. The van der Waals surface area contributed by atoms with Gasteiger partial charge in [0.15, 0.2) is 0 Å². The van der Waals surface area contributed by atoms with E-state index < -0.39 is 11.4 Å². The first-order valence-electron chi connectivity index (χ1n) is 8.21. The van der Waals surface area contributed by atoms with Crippen molar-refractivity contribution in [3.63, 3.8) is 0 Å². The Morgan fingerprint density at radius 1 is 1.42 bits per heavy atom. The number of nitriles is 1. The third-order valence-electron chi connectivity index (χ3n) is 5.23. The predicted molar refractivity (Wildman–Crippen MR) is 91.9 cm³/mol. The molecule has 0 unspecified atom stereocenters. The van der Waals surface area contributed by atoms with Crippen molar-refractivity contribution < 1.29 is 19.4 Å². The lowest BCUT2D eigenvalue weighted by molar-refractivity contribution is -0.148. The van der Waals surface area contributed by atoms with Crippen LogP contribution in [0.5, 0.6) is 5.88 Å².